The van der Waals surface area contributed by atoms with E-state index in [2.05, 4.69) is 19.9 Å². The first-order valence-corrected chi connectivity index (χ1v) is 10.8. The zero-order valence-corrected chi connectivity index (χ0v) is 17.4. The van der Waals surface area contributed by atoms with Gasteiger partial charge >= 0.3 is 5.69 Å². The minimum atomic E-state index is -2.84. The van der Waals surface area contributed by atoms with E-state index in [4.69, 9.17) is 0 Å². The van der Waals surface area contributed by atoms with Crippen molar-refractivity contribution < 1.29 is 18.3 Å². The Morgan fingerprint density at radius 2 is 1.88 bits per heavy atom. The summed E-state index contributed by atoms with van der Waals surface area (Å²) in [6.07, 6.45) is 3.31. The number of aliphatic hydroxyl groups excluding tert-OH is 1. The molecular weight excluding hydrogens is 439 g/mol. The molecule has 0 radical (unpaired) electrons. The highest BCUT2D eigenvalue weighted by Crippen LogP contribution is 2.36. The Morgan fingerprint density at radius 1 is 1.12 bits per heavy atom. The van der Waals surface area contributed by atoms with Gasteiger partial charge in [0.25, 0.3) is 5.92 Å². The predicted octanol–water partition coefficient (Wildman–Crippen LogP) is 2.53. The van der Waals surface area contributed by atoms with Crippen LogP contribution in [0.2, 0.25) is 0 Å². The Morgan fingerprint density at radius 3 is 2.61 bits per heavy atom. The number of imidazole rings is 2. The van der Waals surface area contributed by atoms with Gasteiger partial charge < -0.3 is 15.0 Å². The van der Waals surface area contributed by atoms with E-state index in [1.54, 1.807) is 0 Å². The van der Waals surface area contributed by atoms with Crippen molar-refractivity contribution in [3.05, 3.63) is 40.8 Å². The lowest BCUT2D eigenvalue weighted by Gasteiger charge is -2.39. The molecule has 2 aliphatic rings. The number of fused-ring (bicyclic) bond motifs is 2. The lowest BCUT2D eigenvalue weighted by atomic mass is 9.93. The lowest BCUT2D eigenvalue weighted by Crippen LogP contribution is -2.56. The minimum Gasteiger partial charge on any atom is -0.393 e. The molecule has 4 heterocycles. The first-order chi connectivity index (χ1) is 15.8. The van der Waals surface area contributed by atoms with Gasteiger partial charge in [-0.25, -0.2) is 22.9 Å². The van der Waals surface area contributed by atoms with Crippen LogP contribution >= 0.6 is 0 Å². The second-order valence-electron chi connectivity index (χ2n) is 8.77. The van der Waals surface area contributed by atoms with E-state index in [9.17, 15) is 23.1 Å². The van der Waals surface area contributed by atoms with Crippen LogP contribution in [0.1, 0.15) is 31.7 Å². The van der Waals surface area contributed by atoms with Gasteiger partial charge in [0.2, 0.25) is 5.95 Å². The number of aromatic nitrogens is 6. The normalized spacial score (nSPS) is 22.7. The highest BCUT2D eigenvalue weighted by molar-refractivity contribution is 5.86. The SMILES string of the molecule is O=c1[nH]c2c(N3CC(F)(F)C3)nc(-n3cnc4ccc(F)cc43)nc2n1C1CCC(O)CC1. The molecule has 0 amide bonds. The molecule has 2 fully saturated rings. The molecule has 1 aliphatic carbocycles. The van der Waals surface area contributed by atoms with Crippen molar-refractivity contribution in [2.24, 2.45) is 0 Å². The van der Waals surface area contributed by atoms with Crippen LogP contribution < -0.4 is 10.6 Å². The number of H-pyrrole nitrogens is 1. The summed E-state index contributed by atoms with van der Waals surface area (Å²) in [7, 11) is 0. The topological polar surface area (TPSA) is 105 Å². The Hall–Kier alpha value is -3.41. The van der Waals surface area contributed by atoms with Crippen LogP contribution in [0.5, 0.6) is 0 Å². The quantitative estimate of drug-likeness (QED) is 0.488. The number of aliphatic hydroxyl groups is 1. The second kappa shape index (κ2) is 7.04. The van der Waals surface area contributed by atoms with Gasteiger partial charge in [-0.1, -0.05) is 0 Å². The van der Waals surface area contributed by atoms with E-state index in [1.807, 2.05) is 0 Å². The molecule has 0 bridgehead atoms. The zero-order chi connectivity index (χ0) is 22.9. The summed E-state index contributed by atoms with van der Waals surface area (Å²) in [4.78, 5) is 30.4. The summed E-state index contributed by atoms with van der Waals surface area (Å²) in [5.41, 5.74) is 1.09. The Balaban J connectivity index is 1.56. The fourth-order valence-corrected chi connectivity index (χ4v) is 4.77. The first-order valence-electron chi connectivity index (χ1n) is 10.8. The zero-order valence-electron chi connectivity index (χ0n) is 17.4. The largest absolute Gasteiger partial charge is 0.393 e. The van der Waals surface area contributed by atoms with Crippen molar-refractivity contribution in [1.82, 2.24) is 29.1 Å². The molecule has 1 saturated heterocycles. The second-order valence-corrected chi connectivity index (χ2v) is 8.77. The van der Waals surface area contributed by atoms with Crippen LogP contribution in [0.25, 0.3) is 28.1 Å². The van der Waals surface area contributed by atoms with Crippen LogP contribution in [0.3, 0.4) is 0 Å². The molecule has 0 spiro atoms. The van der Waals surface area contributed by atoms with Crippen LogP contribution in [-0.4, -0.2) is 59.3 Å². The molecule has 33 heavy (non-hydrogen) atoms. The van der Waals surface area contributed by atoms with Crippen molar-refractivity contribution in [2.75, 3.05) is 18.0 Å². The van der Waals surface area contributed by atoms with Gasteiger partial charge in [-0.3, -0.25) is 9.13 Å². The van der Waals surface area contributed by atoms with E-state index in [0.29, 0.717) is 36.7 Å². The Labute approximate surface area is 184 Å². The average molecular weight is 459 g/mol. The summed E-state index contributed by atoms with van der Waals surface area (Å²) < 4.78 is 44.3. The van der Waals surface area contributed by atoms with Crippen molar-refractivity contribution in [2.45, 2.75) is 43.8 Å². The third-order valence-electron chi connectivity index (χ3n) is 6.44. The molecule has 2 N–H and O–H groups in total. The molecule has 3 aromatic heterocycles. The molecule has 6 rings (SSSR count). The van der Waals surface area contributed by atoms with Crippen molar-refractivity contribution in [3.8, 4) is 5.95 Å². The Bertz CT molecular complexity index is 1430. The predicted molar refractivity (Wildman–Crippen MR) is 113 cm³/mol. The maximum Gasteiger partial charge on any atom is 0.328 e. The highest BCUT2D eigenvalue weighted by Gasteiger charge is 2.45. The third kappa shape index (κ3) is 3.27. The van der Waals surface area contributed by atoms with Crippen molar-refractivity contribution in [3.63, 3.8) is 0 Å². The highest BCUT2D eigenvalue weighted by atomic mass is 19.3. The van der Waals surface area contributed by atoms with Crippen LogP contribution in [-0.2, 0) is 0 Å². The van der Waals surface area contributed by atoms with Gasteiger partial charge in [-0.15, -0.1) is 0 Å². The van der Waals surface area contributed by atoms with Crippen LogP contribution in [0.15, 0.2) is 29.3 Å². The van der Waals surface area contributed by atoms with Gasteiger partial charge in [-0.05, 0) is 37.8 Å². The molecule has 0 atom stereocenters. The summed E-state index contributed by atoms with van der Waals surface area (Å²) >= 11 is 0. The number of aromatic amines is 1. The van der Waals surface area contributed by atoms with E-state index in [1.165, 1.54) is 38.6 Å². The average Bonchev–Trinajstić information content (AvgIpc) is 3.32. The molecule has 1 aromatic carbocycles. The fraction of sp³-hybridized carbons (Fsp3) is 0.429. The van der Waals surface area contributed by atoms with Gasteiger partial charge in [-0.2, -0.15) is 9.97 Å². The van der Waals surface area contributed by atoms with Gasteiger partial charge in [0.15, 0.2) is 11.5 Å². The monoisotopic (exact) mass is 459 g/mol. The smallest absolute Gasteiger partial charge is 0.328 e. The molecule has 1 aliphatic heterocycles. The number of hydrogen-bond acceptors (Lipinski definition) is 6. The van der Waals surface area contributed by atoms with Gasteiger partial charge in [0.05, 0.1) is 30.2 Å². The molecule has 172 valence electrons. The maximum atomic E-state index is 13.9. The molecular formula is C21H20F3N7O2. The molecule has 0 unspecified atom stereocenters. The lowest BCUT2D eigenvalue weighted by molar-refractivity contribution is -0.0265. The molecule has 4 aromatic rings. The summed E-state index contributed by atoms with van der Waals surface area (Å²) in [6.45, 7) is -1.05. The summed E-state index contributed by atoms with van der Waals surface area (Å²) in [5.74, 6) is -3.02. The summed E-state index contributed by atoms with van der Waals surface area (Å²) in [5, 5.41) is 9.87. The molecule has 1 saturated carbocycles. The summed E-state index contributed by atoms with van der Waals surface area (Å²) in [6, 6.07) is 3.91. The van der Waals surface area contributed by atoms with Gasteiger partial charge in [0.1, 0.15) is 17.7 Å². The number of anilines is 1. The first kappa shape index (κ1) is 20.2. The van der Waals surface area contributed by atoms with Crippen molar-refractivity contribution in [1.29, 1.82) is 0 Å². The number of nitrogens with one attached hydrogen (secondary N) is 1. The number of benzene rings is 1. The van der Waals surface area contributed by atoms with Crippen molar-refractivity contribution >= 4 is 28.0 Å². The number of halogens is 3. The van der Waals surface area contributed by atoms with E-state index in [0.717, 1.165) is 0 Å². The molecule has 9 nitrogen and oxygen atoms in total. The number of hydrogen-bond donors (Lipinski definition) is 2. The Kier molecular flexibility index (Phi) is 4.31. The number of rotatable bonds is 3. The van der Waals surface area contributed by atoms with Crippen LogP contribution in [0.4, 0.5) is 19.0 Å². The fourth-order valence-electron chi connectivity index (χ4n) is 4.77. The van der Waals surface area contributed by atoms with Crippen LogP contribution in [0, 0.1) is 5.82 Å². The van der Waals surface area contributed by atoms with E-state index >= 15 is 0 Å². The minimum absolute atomic E-state index is 0.101. The maximum absolute atomic E-state index is 13.9. The van der Waals surface area contributed by atoms with Gasteiger partial charge in [0, 0.05) is 12.1 Å². The number of nitrogens with zero attached hydrogens (tertiary/aromatic N) is 6. The van der Waals surface area contributed by atoms with E-state index < -0.39 is 36.6 Å². The third-order valence-corrected chi connectivity index (χ3v) is 6.44. The number of alkyl halides is 2. The standard InChI is InChI=1S/C21H20F3N7O2/c22-11-1-6-14-15(7-11)30(10-25-14)19-27-17(29-8-21(23,24)9-29)16-18(28-19)31(20(33)26-16)12-2-4-13(32)5-3-12/h1,6-7,10,12-13,32H,2-5,8-9H2,(H,26,33). The van der Waals surface area contributed by atoms with E-state index in [-0.39, 0.29) is 29.0 Å². The molecule has 12 heteroatoms.